The lowest BCUT2D eigenvalue weighted by atomic mass is 9.95. The first-order valence-electron chi connectivity index (χ1n) is 9.11. The molecule has 154 valence electrons. The molecule has 2 heterocycles. The average Bonchev–Trinajstić information content (AvgIpc) is 2.60. The predicted octanol–water partition coefficient (Wildman–Crippen LogP) is 0.766. The van der Waals surface area contributed by atoms with Gasteiger partial charge in [0, 0.05) is 19.5 Å². The molecule has 0 aliphatic carbocycles. The molecule has 0 saturated carbocycles. The fraction of sp³-hybridized carbons (Fsp3) is 0.579. The molecule has 0 unspecified atom stereocenters. The van der Waals surface area contributed by atoms with Gasteiger partial charge in [0.1, 0.15) is 30.1 Å². The van der Waals surface area contributed by atoms with E-state index in [1.165, 1.54) is 13.8 Å². The van der Waals surface area contributed by atoms with E-state index in [9.17, 15) is 14.7 Å². The third-order valence-corrected chi connectivity index (χ3v) is 4.49. The summed E-state index contributed by atoms with van der Waals surface area (Å²) in [6, 6.07) is 5.86. The summed E-state index contributed by atoms with van der Waals surface area (Å²) in [6.45, 7) is 6.51. The Kier molecular flexibility index (Phi) is 5.90. The van der Waals surface area contributed by atoms with Crippen molar-refractivity contribution in [1.29, 1.82) is 0 Å². The number of ether oxygens (including phenoxy) is 4. The Bertz CT molecular complexity index is 721. The van der Waals surface area contributed by atoms with E-state index in [2.05, 4.69) is 10.6 Å². The number of hydrogen-bond acceptors (Lipinski definition) is 7. The third-order valence-electron chi connectivity index (χ3n) is 4.49. The minimum atomic E-state index is -1.05. The molecule has 3 rings (SSSR count). The third kappa shape index (κ3) is 4.79. The molecule has 0 aromatic heterocycles. The van der Waals surface area contributed by atoms with E-state index in [0.29, 0.717) is 11.4 Å². The van der Waals surface area contributed by atoms with Crippen LogP contribution in [0.2, 0.25) is 0 Å². The SMILES string of the molecule is CC(=O)Nc1ccc(O[C@H]2O[C@H]3COC(C)(C)O[C@@H]3[C@@H](O)[C@@H]2NC(C)=O)cc1. The Morgan fingerprint density at radius 3 is 2.46 bits per heavy atom. The van der Waals surface area contributed by atoms with Crippen molar-refractivity contribution in [2.45, 2.75) is 64.1 Å². The summed E-state index contributed by atoms with van der Waals surface area (Å²) < 4.78 is 23.2. The number of fused-ring (bicyclic) bond motifs is 1. The van der Waals surface area contributed by atoms with Gasteiger partial charge in [0.15, 0.2) is 5.79 Å². The lowest BCUT2D eigenvalue weighted by Gasteiger charge is -2.49. The summed E-state index contributed by atoms with van der Waals surface area (Å²) in [5.41, 5.74) is 0.624. The molecule has 2 amide bonds. The summed E-state index contributed by atoms with van der Waals surface area (Å²) in [5.74, 6) is -0.908. The van der Waals surface area contributed by atoms with Crippen molar-refractivity contribution in [3.63, 3.8) is 0 Å². The number of hydrogen-bond donors (Lipinski definition) is 3. The quantitative estimate of drug-likeness (QED) is 0.691. The van der Waals surface area contributed by atoms with Crippen molar-refractivity contribution in [1.82, 2.24) is 5.32 Å². The normalized spacial score (nSPS) is 31.4. The molecule has 9 nitrogen and oxygen atoms in total. The molecule has 2 aliphatic rings. The van der Waals surface area contributed by atoms with Crippen LogP contribution in [0, 0.1) is 0 Å². The molecule has 2 fully saturated rings. The van der Waals surface area contributed by atoms with Crippen LogP contribution in [-0.4, -0.2) is 60.0 Å². The number of benzene rings is 1. The highest BCUT2D eigenvalue weighted by Gasteiger charge is 2.52. The highest BCUT2D eigenvalue weighted by molar-refractivity contribution is 5.88. The van der Waals surface area contributed by atoms with E-state index >= 15 is 0 Å². The Morgan fingerprint density at radius 1 is 1.18 bits per heavy atom. The van der Waals surface area contributed by atoms with Gasteiger partial charge in [0.2, 0.25) is 18.1 Å². The highest BCUT2D eigenvalue weighted by Crippen LogP contribution is 2.33. The number of aliphatic hydroxyl groups is 1. The molecule has 2 saturated heterocycles. The predicted molar refractivity (Wildman–Crippen MR) is 98.6 cm³/mol. The van der Waals surface area contributed by atoms with Gasteiger partial charge in [-0.2, -0.15) is 0 Å². The first kappa shape index (κ1) is 20.5. The number of carbonyl (C=O) groups excluding carboxylic acids is 2. The molecular weight excluding hydrogens is 368 g/mol. The van der Waals surface area contributed by atoms with Gasteiger partial charge in [-0.05, 0) is 38.1 Å². The molecule has 1 aromatic rings. The zero-order valence-electron chi connectivity index (χ0n) is 16.3. The molecule has 2 aliphatic heterocycles. The van der Waals surface area contributed by atoms with Crippen LogP contribution in [0.3, 0.4) is 0 Å². The summed E-state index contributed by atoms with van der Waals surface area (Å²) in [4.78, 5) is 22.8. The van der Waals surface area contributed by atoms with Crippen LogP contribution in [0.5, 0.6) is 5.75 Å². The van der Waals surface area contributed by atoms with E-state index in [-0.39, 0.29) is 18.4 Å². The van der Waals surface area contributed by atoms with Crippen LogP contribution in [0.15, 0.2) is 24.3 Å². The van der Waals surface area contributed by atoms with Gasteiger partial charge in [-0.3, -0.25) is 9.59 Å². The number of aliphatic hydroxyl groups excluding tert-OH is 1. The van der Waals surface area contributed by atoms with E-state index in [0.717, 1.165) is 0 Å². The van der Waals surface area contributed by atoms with Crippen molar-refractivity contribution in [3.05, 3.63) is 24.3 Å². The Hall–Kier alpha value is -2.20. The van der Waals surface area contributed by atoms with Gasteiger partial charge in [-0.1, -0.05) is 0 Å². The summed E-state index contributed by atoms with van der Waals surface area (Å²) in [5, 5.41) is 16.2. The van der Waals surface area contributed by atoms with Crippen LogP contribution in [0.25, 0.3) is 0 Å². The van der Waals surface area contributed by atoms with Crippen LogP contribution < -0.4 is 15.4 Å². The zero-order valence-corrected chi connectivity index (χ0v) is 16.3. The van der Waals surface area contributed by atoms with Crippen LogP contribution in [0.1, 0.15) is 27.7 Å². The molecule has 0 spiro atoms. The van der Waals surface area contributed by atoms with Gasteiger partial charge >= 0.3 is 0 Å². The fourth-order valence-corrected chi connectivity index (χ4v) is 3.29. The van der Waals surface area contributed by atoms with E-state index < -0.39 is 36.4 Å². The fourth-order valence-electron chi connectivity index (χ4n) is 3.29. The van der Waals surface area contributed by atoms with Gasteiger partial charge in [-0.25, -0.2) is 0 Å². The standard InChI is InChI=1S/C19H26N2O7/c1-10(22)20-12-5-7-13(8-6-12)26-18-15(21-11(2)23)16(24)17-14(27-18)9-25-19(3,4)28-17/h5-8,14-18,24H,9H2,1-4H3,(H,20,22)(H,21,23)/t14-,15-,16-,17-,18-/m0/s1. The van der Waals surface area contributed by atoms with Crippen LogP contribution in [0.4, 0.5) is 5.69 Å². The largest absolute Gasteiger partial charge is 0.463 e. The van der Waals surface area contributed by atoms with Crippen molar-refractivity contribution < 1.29 is 33.6 Å². The molecule has 0 bridgehead atoms. The highest BCUT2D eigenvalue weighted by atomic mass is 16.8. The number of anilines is 1. The minimum Gasteiger partial charge on any atom is -0.463 e. The first-order valence-corrected chi connectivity index (χ1v) is 9.11. The number of carbonyl (C=O) groups is 2. The Morgan fingerprint density at radius 2 is 1.86 bits per heavy atom. The lowest BCUT2D eigenvalue weighted by molar-refractivity contribution is -0.361. The minimum absolute atomic E-state index is 0.176. The smallest absolute Gasteiger partial charge is 0.223 e. The van der Waals surface area contributed by atoms with Gasteiger partial charge in [-0.15, -0.1) is 0 Å². The number of amides is 2. The second-order valence-corrected chi connectivity index (χ2v) is 7.38. The van der Waals surface area contributed by atoms with Crippen molar-refractivity contribution >= 4 is 17.5 Å². The van der Waals surface area contributed by atoms with E-state index in [1.807, 2.05) is 0 Å². The average molecular weight is 394 g/mol. The molecule has 0 radical (unpaired) electrons. The second kappa shape index (κ2) is 8.04. The summed E-state index contributed by atoms with van der Waals surface area (Å²) >= 11 is 0. The second-order valence-electron chi connectivity index (χ2n) is 7.38. The topological polar surface area (TPSA) is 115 Å². The maximum Gasteiger partial charge on any atom is 0.223 e. The molecule has 9 heteroatoms. The Labute approximate surface area is 163 Å². The molecule has 3 N–H and O–H groups in total. The maximum absolute atomic E-state index is 11.7. The van der Waals surface area contributed by atoms with Gasteiger partial charge in [0.05, 0.1) is 6.61 Å². The number of rotatable bonds is 4. The molecular formula is C19H26N2O7. The lowest BCUT2D eigenvalue weighted by Crippen LogP contribution is -2.69. The molecule has 28 heavy (non-hydrogen) atoms. The monoisotopic (exact) mass is 394 g/mol. The Balaban J connectivity index is 1.76. The number of nitrogens with one attached hydrogen (secondary N) is 2. The van der Waals surface area contributed by atoms with Crippen LogP contribution in [-0.2, 0) is 23.8 Å². The van der Waals surface area contributed by atoms with Gasteiger partial charge in [0.25, 0.3) is 0 Å². The van der Waals surface area contributed by atoms with Crippen molar-refractivity contribution in [2.24, 2.45) is 0 Å². The zero-order chi connectivity index (χ0) is 20.5. The first-order chi connectivity index (χ1) is 13.1. The molecule has 5 atom stereocenters. The summed E-state index contributed by atoms with van der Waals surface area (Å²) in [7, 11) is 0. The summed E-state index contributed by atoms with van der Waals surface area (Å²) in [6.07, 6.45) is -3.20. The van der Waals surface area contributed by atoms with E-state index in [4.69, 9.17) is 18.9 Å². The van der Waals surface area contributed by atoms with Gasteiger partial charge < -0.3 is 34.7 Å². The van der Waals surface area contributed by atoms with Crippen LogP contribution >= 0.6 is 0 Å². The molecule has 1 aromatic carbocycles. The van der Waals surface area contributed by atoms with E-state index in [1.54, 1.807) is 38.1 Å². The van der Waals surface area contributed by atoms with Crippen molar-refractivity contribution in [3.8, 4) is 5.75 Å². The maximum atomic E-state index is 11.7. The van der Waals surface area contributed by atoms with Crippen molar-refractivity contribution in [2.75, 3.05) is 11.9 Å².